The lowest BCUT2D eigenvalue weighted by molar-refractivity contribution is 0.304. The summed E-state index contributed by atoms with van der Waals surface area (Å²) in [6, 6.07) is 0.113. The molecule has 0 bridgehead atoms. The number of nitrogens with one attached hydrogen (secondary N) is 1. The monoisotopic (exact) mass is 291 g/mol. The summed E-state index contributed by atoms with van der Waals surface area (Å²) in [4.78, 5) is 0. The lowest BCUT2D eigenvalue weighted by Gasteiger charge is -2.22. The molecule has 1 rings (SSSR count). The average molecular weight is 291 g/mol. The van der Waals surface area contributed by atoms with Crippen LogP contribution in [0.25, 0.3) is 0 Å². The molecule has 0 aromatic carbocycles. The van der Waals surface area contributed by atoms with Gasteiger partial charge in [0.05, 0.1) is 11.5 Å². The van der Waals surface area contributed by atoms with Crippen molar-refractivity contribution in [2.75, 3.05) is 18.1 Å². The number of unbranched alkanes of at least 4 members (excludes halogenated alkanes) is 1. The maximum Gasteiger partial charge on any atom is 0.151 e. The van der Waals surface area contributed by atoms with Gasteiger partial charge in [0.1, 0.15) is 5.84 Å². The minimum Gasteiger partial charge on any atom is -0.409 e. The lowest BCUT2D eigenvalue weighted by atomic mass is 9.86. The molecular formula is C12H25N3O3S. The van der Waals surface area contributed by atoms with Crippen LogP contribution < -0.4 is 11.1 Å². The van der Waals surface area contributed by atoms with Gasteiger partial charge in [0.2, 0.25) is 0 Å². The van der Waals surface area contributed by atoms with Crippen LogP contribution in [0.2, 0.25) is 0 Å². The Bertz CT molecular complexity index is 418. The predicted octanol–water partition coefficient (Wildman–Crippen LogP) is 0.706. The number of sulfone groups is 1. The first-order valence-corrected chi connectivity index (χ1v) is 8.51. The van der Waals surface area contributed by atoms with Crippen molar-refractivity contribution in [2.24, 2.45) is 16.3 Å². The molecule has 1 atom stereocenters. The fourth-order valence-electron chi connectivity index (χ4n) is 2.22. The summed E-state index contributed by atoms with van der Waals surface area (Å²) < 4.78 is 22.6. The summed E-state index contributed by atoms with van der Waals surface area (Å²) in [6.07, 6.45) is 3.47. The van der Waals surface area contributed by atoms with Crippen LogP contribution in [-0.4, -0.2) is 43.6 Å². The van der Waals surface area contributed by atoms with Crippen LogP contribution in [0, 0.1) is 5.41 Å². The van der Waals surface area contributed by atoms with Crippen molar-refractivity contribution in [2.45, 2.75) is 45.6 Å². The molecule has 1 heterocycles. The number of hydrogen-bond donors (Lipinski definition) is 3. The number of rotatable bonds is 7. The third-order valence-corrected chi connectivity index (χ3v) is 5.46. The molecule has 6 nitrogen and oxygen atoms in total. The quantitative estimate of drug-likeness (QED) is 0.211. The molecule has 0 radical (unpaired) electrons. The fourth-order valence-corrected chi connectivity index (χ4v) is 3.93. The van der Waals surface area contributed by atoms with Gasteiger partial charge in [-0.1, -0.05) is 25.4 Å². The summed E-state index contributed by atoms with van der Waals surface area (Å²) in [5.41, 5.74) is 5.31. The number of nitrogens with two attached hydrogens (primary N) is 1. The second kappa shape index (κ2) is 6.56. The maximum absolute atomic E-state index is 11.3. The van der Waals surface area contributed by atoms with E-state index in [0.717, 1.165) is 32.2 Å². The van der Waals surface area contributed by atoms with Gasteiger partial charge in [0, 0.05) is 11.5 Å². The topological polar surface area (TPSA) is 105 Å². The van der Waals surface area contributed by atoms with Gasteiger partial charge < -0.3 is 16.3 Å². The van der Waals surface area contributed by atoms with Crippen molar-refractivity contribution >= 4 is 15.7 Å². The minimum absolute atomic E-state index is 0.113. The van der Waals surface area contributed by atoms with Gasteiger partial charge in [0.15, 0.2) is 9.84 Å². The smallest absolute Gasteiger partial charge is 0.151 e. The molecule has 7 heteroatoms. The third kappa shape index (κ3) is 5.36. The van der Waals surface area contributed by atoms with Crippen molar-refractivity contribution in [3.8, 4) is 0 Å². The summed E-state index contributed by atoms with van der Waals surface area (Å²) >= 11 is 0. The van der Waals surface area contributed by atoms with E-state index in [2.05, 4.69) is 10.5 Å². The zero-order valence-electron chi connectivity index (χ0n) is 11.7. The number of amidine groups is 1. The third-order valence-electron chi connectivity index (χ3n) is 3.70. The zero-order valence-corrected chi connectivity index (χ0v) is 12.5. The Labute approximate surface area is 115 Å². The molecular weight excluding hydrogens is 266 g/mol. The van der Waals surface area contributed by atoms with E-state index in [1.54, 1.807) is 0 Å². The lowest BCUT2D eigenvalue weighted by Crippen LogP contribution is -2.33. The van der Waals surface area contributed by atoms with Crippen LogP contribution in [0.1, 0.15) is 39.5 Å². The van der Waals surface area contributed by atoms with E-state index in [4.69, 9.17) is 10.9 Å². The summed E-state index contributed by atoms with van der Waals surface area (Å²) in [6.45, 7) is 4.70. The van der Waals surface area contributed by atoms with Gasteiger partial charge >= 0.3 is 0 Å². The molecule has 0 amide bonds. The standard InChI is InChI=1S/C12H25N3O3S/c1-12(2,11(13)15-16)6-3-4-7-14-10-5-8-19(17,18)9-10/h10,14,16H,3-9H2,1-2H3,(H2,13,15). The first kappa shape index (κ1) is 16.2. The highest BCUT2D eigenvalue weighted by atomic mass is 32.2. The van der Waals surface area contributed by atoms with E-state index < -0.39 is 9.84 Å². The Hall–Kier alpha value is -0.820. The van der Waals surface area contributed by atoms with Crippen LogP contribution in [-0.2, 0) is 9.84 Å². The van der Waals surface area contributed by atoms with E-state index in [9.17, 15) is 8.42 Å². The highest BCUT2D eigenvalue weighted by Gasteiger charge is 2.27. The number of oxime groups is 1. The molecule has 1 fully saturated rings. The fraction of sp³-hybridized carbons (Fsp3) is 0.917. The Balaban J connectivity index is 2.16. The molecule has 1 aliphatic heterocycles. The highest BCUT2D eigenvalue weighted by molar-refractivity contribution is 7.91. The predicted molar refractivity (Wildman–Crippen MR) is 76.1 cm³/mol. The molecule has 112 valence electrons. The average Bonchev–Trinajstić information content (AvgIpc) is 2.67. The normalized spacial score (nSPS) is 23.7. The highest BCUT2D eigenvalue weighted by Crippen LogP contribution is 2.23. The van der Waals surface area contributed by atoms with Gasteiger partial charge in [-0.3, -0.25) is 0 Å². The van der Waals surface area contributed by atoms with Crippen LogP contribution in [0.5, 0.6) is 0 Å². The molecule has 0 aliphatic carbocycles. The molecule has 0 aromatic heterocycles. The van der Waals surface area contributed by atoms with Crippen molar-refractivity contribution < 1.29 is 13.6 Å². The van der Waals surface area contributed by atoms with Gasteiger partial charge in [-0.05, 0) is 25.8 Å². The van der Waals surface area contributed by atoms with Crippen LogP contribution in [0.15, 0.2) is 5.16 Å². The van der Waals surface area contributed by atoms with Gasteiger partial charge in [-0.25, -0.2) is 8.42 Å². The molecule has 4 N–H and O–H groups in total. The minimum atomic E-state index is -2.80. The second-order valence-electron chi connectivity index (χ2n) is 5.88. The number of hydrogen-bond acceptors (Lipinski definition) is 5. The first-order valence-electron chi connectivity index (χ1n) is 6.69. The summed E-state index contributed by atoms with van der Waals surface area (Å²) in [5.74, 6) is 0.825. The summed E-state index contributed by atoms with van der Waals surface area (Å²) in [7, 11) is -2.80. The van der Waals surface area contributed by atoms with E-state index in [1.165, 1.54) is 0 Å². The summed E-state index contributed by atoms with van der Waals surface area (Å²) in [5, 5.41) is 15.0. The van der Waals surface area contributed by atoms with Crippen molar-refractivity contribution in [1.82, 2.24) is 5.32 Å². The van der Waals surface area contributed by atoms with E-state index in [0.29, 0.717) is 5.75 Å². The molecule has 0 saturated carbocycles. The second-order valence-corrected chi connectivity index (χ2v) is 8.11. The largest absolute Gasteiger partial charge is 0.409 e. The first-order chi connectivity index (χ1) is 8.77. The Morgan fingerprint density at radius 3 is 2.68 bits per heavy atom. The van der Waals surface area contributed by atoms with Crippen molar-refractivity contribution in [1.29, 1.82) is 0 Å². The molecule has 19 heavy (non-hydrogen) atoms. The molecule has 0 aromatic rings. The Kier molecular flexibility index (Phi) is 5.61. The molecule has 1 aliphatic rings. The van der Waals surface area contributed by atoms with Crippen molar-refractivity contribution in [3.05, 3.63) is 0 Å². The van der Waals surface area contributed by atoms with Gasteiger partial charge in [0.25, 0.3) is 0 Å². The van der Waals surface area contributed by atoms with Crippen LogP contribution >= 0.6 is 0 Å². The number of nitrogens with zero attached hydrogens (tertiary/aromatic N) is 1. The molecule has 0 spiro atoms. The Morgan fingerprint density at radius 2 is 2.16 bits per heavy atom. The van der Waals surface area contributed by atoms with Gasteiger partial charge in [-0.2, -0.15) is 0 Å². The van der Waals surface area contributed by atoms with E-state index in [-0.39, 0.29) is 23.0 Å². The SMILES string of the molecule is CC(C)(CCCCNC1CCS(=O)(=O)C1)C(N)=NO. The Morgan fingerprint density at radius 1 is 1.47 bits per heavy atom. The molecule has 1 saturated heterocycles. The maximum atomic E-state index is 11.3. The van der Waals surface area contributed by atoms with E-state index >= 15 is 0 Å². The van der Waals surface area contributed by atoms with Crippen LogP contribution in [0.3, 0.4) is 0 Å². The van der Waals surface area contributed by atoms with Gasteiger partial charge in [-0.15, -0.1) is 0 Å². The van der Waals surface area contributed by atoms with E-state index in [1.807, 2.05) is 13.8 Å². The zero-order chi connectivity index (χ0) is 14.5. The molecule has 1 unspecified atom stereocenters. The van der Waals surface area contributed by atoms with Crippen molar-refractivity contribution in [3.63, 3.8) is 0 Å². The van der Waals surface area contributed by atoms with Crippen LogP contribution in [0.4, 0.5) is 0 Å².